The van der Waals surface area contributed by atoms with Gasteiger partial charge in [-0.2, -0.15) is 0 Å². The maximum atomic E-state index is 6.13. The van der Waals surface area contributed by atoms with Crippen LogP contribution < -0.4 is 0 Å². The molecule has 0 bridgehead atoms. The second-order valence-electron chi connectivity index (χ2n) is 4.21. The number of hydrogen-bond acceptors (Lipinski definition) is 4. The van der Waals surface area contributed by atoms with Gasteiger partial charge in [-0.05, 0) is 41.1 Å². The van der Waals surface area contributed by atoms with Gasteiger partial charge in [0.25, 0.3) is 0 Å². The van der Waals surface area contributed by atoms with Crippen LogP contribution in [-0.4, -0.2) is 12.4 Å². The van der Waals surface area contributed by atoms with Gasteiger partial charge in [-0.15, -0.1) is 22.7 Å². The summed E-state index contributed by atoms with van der Waals surface area (Å²) in [5, 5.41) is 4.68. The summed E-state index contributed by atoms with van der Waals surface area (Å²) in [5.74, 6) is 0. The summed E-state index contributed by atoms with van der Waals surface area (Å²) in [4.78, 5) is 11.1. The minimum absolute atomic E-state index is 0.633. The zero-order valence-electron chi connectivity index (χ0n) is 10.9. The molecule has 3 rings (SSSR count). The van der Waals surface area contributed by atoms with Crippen LogP contribution >= 0.6 is 34.3 Å². The number of rotatable bonds is 4. The highest BCUT2D eigenvalue weighted by molar-refractivity contribution is 7.12. The predicted octanol–water partition coefficient (Wildman–Crippen LogP) is 5.96. The van der Waals surface area contributed by atoms with E-state index in [1.54, 1.807) is 22.7 Å². The van der Waals surface area contributed by atoms with Gasteiger partial charge in [0, 0.05) is 27.2 Å². The van der Waals surface area contributed by atoms with Crippen molar-refractivity contribution in [2.45, 2.75) is 0 Å². The van der Waals surface area contributed by atoms with E-state index in [1.807, 2.05) is 65.7 Å². The Labute approximate surface area is 136 Å². The Morgan fingerprint density at radius 3 is 1.76 bits per heavy atom. The number of aliphatic imine (C=N–C) groups is 2. The highest BCUT2D eigenvalue weighted by Gasteiger charge is 1.98. The maximum Gasteiger partial charge on any atom is 0.0666 e. The van der Waals surface area contributed by atoms with Crippen LogP contribution in [0, 0.1) is 0 Å². The second-order valence-corrected chi connectivity index (χ2v) is 6.61. The number of thiophene rings is 2. The lowest BCUT2D eigenvalue weighted by molar-refractivity contribution is 1.48. The Morgan fingerprint density at radius 2 is 1.33 bits per heavy atom. The fraction of sp³-hybridized carbons (Fsp3) is 0. The van der Waals surface area contributed by atoms with Gasteiger partial charge in [-0.1, -0.05) is 23.7 Å². The van der Waals surface area contributed by atoms with Gasteiger partial charge in [0.2, 0.25) is 0 Å². The third-order valence-electron chi connectivity index (χ3n) is 2.64. The standard InChI is InChI=1S/C16H11ClN2S2/c17-12-7-13(18-10-15-3-1-5-20-15)9-14(8-12)19-11-16-4-2-6-21-16/h1-11H. The number of nitrogens with zero attached hydrogens (tertiary/aromatic N) is 2. The number of halogens is 1. The van der Waals surface area contributed by atoms with E-state index in [1.165, 1.54) is 0 Å². The van der Waals surface area contributed by atoms with Gasteiger partial charge in [0.15, 0.2) is 0 Å². The molecule has 0 saturated heterocycles. The molecule has 2 heterocycles. The first-order valence-corrected chi connectivity index (χ1v) is 8.39. The molecule has 21 heavy (non-hydrogen) atoms. The minimum atomic E-state index is 0.633. The lowest BCUT2D eigenvalue weighted by Gasteiger charge is -1.98. The van der Waals surface area contributed by atoms with E-state index in [0.29, 0.717) is 5.02 Å². The van der Waals surface area contributed by atoms with Crippen molar-refractivity contribution in [3.05, 3.63) is 68.0 Å². The summed E-state index contributed by atoms with van der Waals surface area (Å²) in [6.07, 6.45) is 3.67. The molecule has 0 aliphatic rings. The molecule has 0 unspecified atom stereocenters. The quantitative estimate of drug-likeness (QED) is 0.527. The van der Waals surface area contributed by atoms with Crippen LogP contribution in [0.4, 0.5) is 11.4 Å². The van der Waals surface area contributed by atoms with Gasteiger partial charge in [-0.25, -0.2) is 0 Å². The van der Waals surface area contributed by atoms with Crippen LogP contribution in [-0.2, 0) is 0 Å². The fourth-order valence-electron chi connectivity index (χ4n) is 1.71. The summed E-state index contributed by atoms with van der Waals surface area (Å²) in [6.45, 7) is 0. The molecule has 104 valence electrons. The van der Waals surface area contributed by atoms with E-state index in [0.717, 1.165) is 21.1 Å². The molecule has 1 aromatic carbocycles. The average Bonchev–Trinajstić information content (AvgIpc) is 3.16. The molecule has 0 N–H and O–H groups in total. The normalized spacial score (nSPS) is 11.7. The molecule has 0 spiro atoms. The van der Waals surface area contributed by atoms with Crippen molar-refractivity contribution in [3.63, 3.8) is 0 Å². The minimum Gasteiger partial charge on any atom is -0.255 e. The van der Waals surface area contributed by atoms with E-state index >= 15 is 0 Å². The number of hydrogen-bond donors (Lipinski definition) is 0. The molecule has 0 saturated carbocycles. The van der Waals surface area contributed by atoms with Crippen molar-refractivity contribution in [2.24, 2.45) is 9.98 Å². The van der Waals surface area contributed by atoms with Crippen molar-refractivity contribution in [2.75, 3.05) is 0 Å². The molecule has 0 atom stereocenters. The first kappa shape index (κ1) is 14.2. The lowest BCUT2D eigenvalue weighted by atomic mass is 10.3. The number of benzene rings is 1. The molecule has 0 fully saturated rings. The molecule has 2 aromatic heterocycles. The lowest BCUT2D eigenvalue weighted by Crippen LogP contribution is -1.75. The summed E-state index contributed by atoms with van der Waals surface area (Å²) < 4.78 is 0. The van der Waals surface area contributed by atoms with Crippen molar-refractivity contribution in [1.82, 2.24) is 0 Å². The Morgan fingerprint density at radius 1 is 0.810 bits per heavy atom. The molecular weight excluding hydrogens is 320 g/mol. The monoisotopic (exact) mass is 330 g/mol. The molecule has 0 amide bonds. The zero-order chi connectivity index (χ0) is 14.5. The van der Waals surface area contributed by atoms with Crippen LogP contribution in [0.15, 0.2) is 63.2 Å². The summed E-state index contributed by atoms with van der Waals surface area (Å²) >= 11 is 9.43. The molecular formula is C16H11ClN2S2. The molecule has 0 radical (unpaired) electrons. The largest absolute Gasteiger partial charge is 0.255 e. The van der Waals surface area contributed by atoms with Crippen LogP contribution in [0.1, 0.15) is 9.75 Å². The summed E-state index contributed by atoms with van der Waals surface area (Å²) in [7, 11) is 0. The third kappa shape index (κ3) is 4.11. The van der Waals surface area contributed by atoms with Crippen LogP contribution in [0.3, 0.4) is 0 Å². The van der Waals surface area contributed by atoms with E-state index in [2.05, 4.69) is 9.98 Å². The van der Waals surface area contributed by atoms with Crippen molar-refractivity contribution in [1.29, 1.82) is 0 Å². The molecule has 0 aliphatic heterocycles. The van der Waals surface area contributed by atoms with Crippen molar-refractivity contribution in [3.8, 4) is 0 Å². The van der Waals surface area contributed by atoms with Crippen LogP contribution in [0.25, 0.3) is 0 Å². The maximum absolute atomic E-state index is 6.13. The zero-order valence-corrected chi connectivity index (χ0v) is 13.3. The first-order chi connectivity index (χ1) is 10.3. The van der Waals surface area contributed by atoms with Gasteiger partial charge >= 0.3 is 0 Å². The second kappa shape index (κ2) is 6.80. The van der Waals surface area contributed by atoms with Gasteiger partial charge in [0.05, 0.1) is 11.4 Å². The highest BCUT2D eigenvalue weighted by atomic mass is 35.5. The Bertz CT molecular complexity index is 697. The van der Waals surface area contributed by atoms with Gasteiger partial charge in [-0.3, -0.25) is 9.98 Å². The first-order valence-electron chi connectivity index (χ1n) is 6.25. The smallest absolute Gasteiger partial charge is 0.0666 e. The van der Waals surface area contributed by atoms with E-state index in [9.17, 15) is 0 Å². The average molecular weight is 331 g/mol. The third-order valence-corrected chi connectivity index (χ3v) is 4.47. The van der Waals surface area contributed by atoms with Gasteiger partial charge < -0.3 is 0 Å². The SMILES string of the molecule is Clc1cc(N=Cc2cccs2)cc(N=Cc2cccs2)c1. The molecule has 5 heteroatoms. The fourth-order valence-corrected chi connectivity index (χ4v) is 3.11. The van der Waals surface area contributed by atoms with Crippen LogP contribution in [0.2, 0.25) is 5.02 Å². The Balaban J connectivity index is 1.82. The van der Waals surface area contributed by atoms with E-state index in [-0.39, 0.29) is 0 Å². The molecule has 3 aromatic rings. The Kier molecular flexibility index (Phi) is 4.60. The summed E-state index contributed by atoms with van der Waals surface area (Å²) in [6, 6.07) is 13.6. The highest BCUT2D eigenvalue weighted by Crippen LogP contribution is 2.27. The van der Waals surface area contributed by atoms with E-state index in [4.69, 9.17) is 11.6 Å². The van der Waals surface area contributed by atoms with Crippen molar-refractivity contribution < 1.29 is 0 Å². The molecule has 0 aliphatic carbocycles. The summed E-state index contributed by atoms with van der Waals surface area (Å²) in [5.41, 5.74) is 1.60. The van der Waals surface area contributed by atoms with Crippen LogP contribution in [0.5, 0.6) is 0 Å². The molecule has 2 nitrogen and oxygen atoms in total. The Hall–Kier alpha value is -1.75. The van der Waals surface area contributed by atoms with Crippen molar-refractivity contribution >= 4 is 58.1 Å². The van der Waals surface area contributed by atoms with E-state index < -0.39 is 0 Å². The predicted molar refractivity (Wildman–Crippen MR) is 94.6 cm³/mol. The topological polar surface area (TPSA) is 24.7 Å². The van der Waals surface area contributed by atoms with Gasteiger partial charge in [0.1, 0.15) is 0 Å².